The summed E-state index contributed by atoms with van der Waals surface area (Å²) in [6.45, 7) is 3.80. The molecular weight excluding hydrogens is 307 g/mol. The van der Waals surface area contributed by atoms with Crippen LogP contribution in [0.5, 0.6) is 0 Å². The highest BCUT2D eigenvalue weighted by atomic mass is 35.5. The molecular formula is C16H20Cl2N2O. The lowest BCUT2D eigenvalue weighted by atomic mass is 9.73. The first-order valence-electron chi connectivity index (χ1n) is 7.49. The molecule has 0 radical (unpaired) electrons. The van der Waals surface area contributed by atoms with Crippen LogP contribution in [0.4, 0.5) is 0 Å². The van der Waals surface area contributed by atoms with Crippen molar-refractivity contribution in [2.45, 2.75) is 32.2 Å². The highest BCUT2D eigenvalue weighted by Crippen LogP contribution is 2.38. The van der Waals surface area contributed by atoms with E-state index in [-0.39, 0.29) is 5.91 Å². The van der Waals surface area contributed by atoms with E-state index in [0.717, 1.165) is 61.1 Å². The molecule has 2 heterocycles. The number of benzene rings is 1. The Morgan fingerprint density at radius 1 is 1.19 bits per heavy atom. The fourth-order valence-electron chi connectivity index (χ4n) is 3.36. The largest absolute Gasteiger partial charge is 0.356 e. The van der Waals surface area contributed by atoms with Crippen LogP contribution < -0.4 is 5.32 Å². The molecule has 0 aliphatic carbocycles. The summed E-state index contributed by atoms with van der Waals surface area (Å²) < 4.78 is 0. The minimum absolute atomic E-state index is 0.203. The first-order chi connectivity index (χ1) is 10.1. The van der Waals surface area contributed by atoms with Crippen LogP contribution in [0, 0.1) is 5.41 Å². The number of rotatable bonds is 2. The molecule has 0 bridgehead atoms. The number of nitrogens with one attached hydrogen (secondary N) is 1. The second-order valence-corrected chi connectivity index (χ2v) is 7.13. The predicted octanol–water partition coefficient (Wildman–Crippen LogP) is 3.49. The second kappa shape index (κ2) is 6.15. The minimum Gasteiger partial charge on any atom is -0.356 e. The zero-order chi connectivity index (χ0) is 14.9. The van der Waals surface area contributed by atoms with Crippen LogP contribution >= 0.6 is 23.2 Å². The first kappa shape index (κ1) is 15.1. The van der Waals surface area contributed by atoms with Crippen molar-refractivity contribution in [3.8, 4) is 0 Å². The number of hydrogen-bond donors (Lipinski definition) is 1. The van der Waals surface area contributed by atoms with Crippen molar-refractivity contribution in [2.24, 2.45) is 5.41 Å². The lowest BCUT2D eigenvalue weighted by Gasteiger charge is -2.44. The molecule has 3 nitrogen and oxygen atoms in total. The van der Waals surface area contributed by atoms with Crippen LogP contribution in [-0.4, -0.2) is 30.4 Å². The van der Waals surface area contributed by atoms with Gasteiger partial charge in [-0.3, -0.25) is 9.69 Å². The van der Waals surface area contributed by atoms with Gasteiger partial charge in [-0.15, -0.1) is 0 Å². The molecule has 0 atom stereocenters. The van der Waals surface area contributed by atoms with E-state index in [1.165, 1.54) is 0 Å². The van der Waals surface area contributed by atoms with Gasteiger partial charge < -0.3 is 5.32 Å². The van der Waals surface area contributed by atoms with E-state index in [9.17, 15) is 4.79 Å². The van der Waals surface area contributed by atoms with Crippen molar-refractivity contribution in [1.82, 2.24) is 10.2 Å². The summed E-state index contributed by atoms with van der Waals surface area (Å²) in [4.78, 5) is 13.7. The number of halogens is 2. The first-order valence-corrected chi connectivity index (χ1v) is 8.25. The van der Waals surface area contributed by atoms with E-state index in [0.29, 0.717) is 11.8 Å². The normalized spacial score (nSPS) is 22.3. The predicted molar refractivity (Wildman–Crippen MR) is 85.6 cm³/mol. The van der Waals surface area contributed by atoms with Gasteiger partial charge in [-0.05, 0) is 61.5 Å². The molecule has 0 saturated carbocycles. The van der Waals surface area contributed by atoms with Crippen molar-refractivity contribution >= 4 is 29.1 Å². The maximum atomic E-state index is 11.3. The molecule has 1 aromatic carbocycles. The third-order valence-corrected chi connectivity index (χ3v) is 5.47. The van der Waals surface area contributed by atoms with E-state index in [1.54, 1.807) is 0 Å². The zero-order valence-electron chi connectivity index (χ0n) is 12.0. The van der Waals surface area contributed by atoms with Gasteiger partial charge in [-0.25, -0.2) is 0 Å². The number of carbonyl (C=O) groups is 1. The molecule has 1 amide bonds. The number of piperidine rings is 2. The third kappa shape index (κ3) is 3.53. The number of amides is 1. The van der Waals surface area contributed by atoms with Gasteiger partial charge in [0.05, 0.1) is 0 Å². The SMILES string of the molecule is O=C1CCC2(CCN(Cc3cc(Cl)ccc3Cl)CC2)CN1. The Labute approximate surface area is 135 Å². The van der Waals surface area contributed by atoms with E-state index < -0.39 is 0 Å². The Kier molecular flexibility index (Phi) is 4.43. The van der Waals surface area contributed by atoms with Crippen molar-refractivity contribution < 1.29 is 4.79 Å². The van der Waals surface area contributed by atoms with Crippen molar-refractivity contribution in [3.05, 3.63) is 33.8 Å². The number of hydrogen-bond acceptors (Lipinski definition) is 2. The van der Waals surface area contributed by atoms with Crippen molar-refractivity contribution in [1.29, 1.82) is 0 Å². The van der Waals surface area contributed by atoms with E-state index in [4.69, 9.17) is 23.2 Å². The topological polar surface area (TPSA) is 32.3 Å². The van der Waals surface area contributed by atoms with Gasteiger partial charge >= 0.3 is 0 Å². The lowest BCUT2D eigenvalue weighted by molar-refractivity contribution is -0.125. The summed E-state index contributed by atoms with van der Waals surface area (Å²) in [6, 6.07) is 5.64. The highest BCUT2D eigenvalue weighted by molar-refractivity contribution is 6.33. The molecule has 114 valence electrons. The van der Waals surface area contributed by atoms with E-state index in [1.807, 2.05) is 18.2 Å². The molecule has 2 aliphatic heterocycles. The summed E-state index contributed by atoms with van der Waals surface area (Å²) in [5.74, 6) is 0.203. The molecule has 3 rings (SSSR count). The van der Waals surface area contributed by atoms with Crippen LogP contribution in [0.3, 0.4) is 0 Å². The van der Waals surface area contributed by atoms with Crippen LogP contribution in [0.15, 0.2) is 18.2 Å². The molecule has 5 heteroatoms. The van der Waals surface area contributed by atoms with Crippen LogP contribution in [0.1, 0.15) is 31.2 Å². The Hall–Kier alpha value is -0.770. The Bertz CT molecular complexity index is 527. The van der Waals surface area contributed by atoms with Gasteiger partial charge in [-0.1, -0.05) is 23.2 Å². The van der Waals surface area contributed by atoms with E-state index in [2.05, 4.69) is 10.2 Å². The standard InChI is InChI=1S/C16H20Cl2N2O/c17-13-1-2-14(18)12(9-13)10-20-7-5-16(6-8-20)4-3-15(21)19-11-16/h1-2,9H,3-8,10-11H2,(H,19,21). The minimum atomic E-state index is 0.203. The maximum Gasteiger partial charge on any atom is 0.220 e. The molecule has 0 aromatic heterocycles. The fraction of sp³-hybridized carbons (Fsp3) is 0.562. The lowest BCUT2D eigenvalue weighted by Crippen LogP contribution is -2.49. The summed E-state index contributed by atoms with van der Waals surface area (Å²) in [7, 11) is 0. The van der Waals surface area contributed by atoms with Crippen LogP contribution in [0.2, 0.25) is 10.0 Å². The molecule has 2 fully saturated rings. The highest BCUT2D eigenvalue weighted by Gasteiger charge is 2.37. The quantitative estimate of drug-likeness (QED) is 0.902. The summed E-state index contributed by atoms with van der Waals surface area (Å²) in [5, 5.41) is 4.54. The van der Waals surface area contributed by atoms with Crippen LogP contribution in [-0.2, 0) is 11.3 Å². The fourth-order valence-corrected chi connectivity index (χ4v) is 3.73. The van der Waals surface area contributed by atoms with Crippen molar-refractivity contribution in [2.75, 3.05) is 19.6 Å². The molecule has 0 unspecified atom stereocenters. The van der Waals surface area contributed by atoms with Crippen molar-refractivity contribution in [3.63, 3.8) is 0 Å². The van der Waals surface area contributed by atoms with E-state index >= 15 is 0 Å². The zero-order valence-corrected chi connectivity index (χ0v) is 13.5. The Balaban J connectivity index is 1.58. The molecule has 21 heavy (non-hydrogen) atoms. The average Bonchev–Trinajstić information content (AvgIpc) is 2.49. The number of likely N-dealkylation sites (tertiary alicyclic amines) is 1. The van der Waals surface area contributed by atoms with Gasteiger partial charge in [0.2, 0.25) is 5.91 Å². The maximum absolute atomic E-state index is 11.3. The van der Waals surface area contributed by atoms with Crippen LogP contribution in [0.25, 0.3) is 0 Å². The second-order valence-electron chi connectivity index (χ2n) is 6.29. The molecule has 1 aromatic rings. The molecule has 1 spiro atoms. The third-order valence-electron chi connectivity index (χ3n) is 4.86. The summed E-state index contributed by atoms with van der Waals surface area (Å²) in [6.07, 6.45) is 4.00. The number of nitrogens with zero attached hydrogens (tertiary/aromatic N) is 1. The Morgan fingerprint density at radius 2 is 1.95 bits per heavy atom. The summed E-state index contributed by atoms with van der Waals surface area (Å²) in [5.41, 5.74) is 1.42. The molecule has 2 aliphatic rings. The van der Waals surface area contributed by atoms with Gasteiger partial charge in [0.15, 0.2) is 0 Å². The Morgan fingerprint density at radius 3 is 2.62 bits per heavy atom. The van der Waals surface area contributed by atoms with Gasteiger partial charge in [0.25, 0.3) is 0 Å². The van der Waals surface area contributed by atoms with Gasteiger partial charge in [0.1, 0.15) is 0 Å². The summed E-state index contributed by atoms with van der Waals surface area (Å²) >= 11 is 12.3. The smallest absolute Gasteiger partial charge is 0.220 e. The monoisotopic (exact) mass is 326 g/mol. The molecule has 1 N–H and O–H groups in total. The number of carbonyl (C=O) groups excluding carboxylic acids is 1. The van der Waals surface area contributed by atoms with Gasteiger partial charge in [-0.2, -0.15) is 0 Å². The average molecular weight is 327 g/mol. The van der Waals surface area contributed by atoms with Gasteiger partial charge in [0, 0.05) is 29.6 Å². The molecule has 2 saturated heterocycles.